The zero-order chi connectivity index (χ0) is 23.3. The maximum absolute atomic E-state index is 12.7. The molecule has 0 radical (unpaired) electrons. The van der Waals surface area contributed by atoms with Crippen molar-refractivity contribution in [3.8, 4) is 0 Å². The summed E-state index contributed by atoms with van der Waals surface area (Å²) in [5.74, 6) is 0.760. The summed E-state index contributed by atoms with van der Waals surface area (Å²) in [7, 11) is 0. The third-order valence-electron chi connectivity index (χ3n) is 4.48. The van der Waals surface area contributed by atoms with Gasteiger partial charge in [0.05, 0.1) is 21.6 Å². The van der Waals surface area contributed by atoms with Crippen molar-refractivity contribution in [1.29, 1.82) is 0 Å². The predicted molar refractivity (Wildman–Crippen MR) is 125 cm³/mol. The molecule has 3 rings (SSSR count). The molecule has 0 aliphatic rings. The van der Waals surface area contributed by atoms with Crippen LogP contribution in [-0.2, 0) is 12.3 Å². The van der Waals surface area contributed by atoms with Gasteiger partial charge in [-0.1, -0.05) is 53.2 Å². The van der Waals surface area contributed by atoms with Gasteiger partial charge in [-0.3, -0.25) is 14.9 Å². The van der Waals surface area contributed by atoms with Gasteiger partial charge in [0.15, 0.2) is 11.0 Å². The Kier molecular flexibility index (Phi) is 7.89. The average molecular weight is 492 g/mol. The number of rotatable bonds is 9. The smallest absolute Gasteiger partial charge is 0.269 e. The van der Waals surface area contributed by atoms with E-state index in [0.29, 0.717) is 33.9 Å². The van der Waals surface area contributed by atoms with Crippen LogP contribution in [0.15, 0.2) is 60.3 Å². The molecule has 32 heavy (non-hydrogen) atoms. The molecule has 1 heterocycles. The topological polar surface area (TPSA) is 103 Å². The lowest BCUT2D eigenvalue weighted by Crippen LogP contribution is -2.29. The minimum Gasteiger partial charge on any atom is -0.342 e. The van der Waals surface area contributed by atoms with Gasteiger partial charge in [-0.05, 0) is 30.7 Å². The standard InChI is InChI=1S/C21H19Cl2N5O3S/c1-3-10-27-19(13(2)24-20(29)17-9-6-15(22)11-18(17)23)25-26-21(27)32-12-14-4-7-16(8-5-14)28(30)31/h3-9,11,13H,1,10,12H2,2H3,(H,24,29). The summed E-state index contributed by atoms with van der Waals surface area (Å²) in [6, 6.07) is 10.6. The number of allylic oxidation sites excluding steroid dienone is 1. The molecule has 3 aromatic rings. The quantitative estimate of drug-likeness (QED) is 0.184. The highest BCUT2D eigenvalue weighted by atomic mass is 35.5. The molecule has 0 aliphatic heterocycles. The second-order valence-corrected chi connectivity index (χ2v) is 8.56. The highest BCUT2D eigenvalue weighted by Gasteiger charge is 2.21. The molecule has 11 heteroatoms. The number of carbonyl (C=O) groups is 1. The number of hydrogen-bond acceptors (Lipinski definition) is 6. The summed E-state index contributed by atoms with van der Waals surface area (Å²) in [5.41, 5.74) is 1.26. The first-order chi connectivity index (χ1) is 15.3. The zero-order valence-electron chi connectivity index (χ0n) is 17.0. The van der Waals surface area contributed by atoms with E-state index in [2.05, 4.69) is 22.1 Å². The van der Waals surface area contributed by atoms with Crippen molar-refractivity contribution in [2.75, 3.05) is 0 Å². The Hall–Kier alpha value is -2.88. The van der Waals surface area contributed by atoms with E-state index in [-0.39, 0.29) is 16.6 Å². The van der Waals surface area contributed by atoms with Gasteiger partial charge in [-0.15, -0.1) is 16.8 Å². The van der Waals surface area contributed by atoms with Gasteiger partial charge in [-0.25, -0.2) is 0 Å². The largest absolute Gasteiger partial charge is 0.342 e. The number of nitrogens with one attached hydrogen (secondary N) is 1. The lowest BCUT2D eigenvalue weighted by molar-refractivity contribution is -0.384. The predicted octanol–water partition coefficient (Wildman–Crippen LogP) is 5.46. The Morgan fingerprint density at radius 1 is 1.28 bits per heavy atom. The molecule has 1 unspecified atom stereocenters. The van der Waals surface area contributed by atoms with Crippen LogP contribution in [0.3, 0.4) is 0 Å². The van der Waals surface area contributed by atoms with Gasteiger partial charge < -0.3 is 9.88 Å². The molecule has 2 aromatic carbocycles. The van der Waals surface area contributed by atoms with Crippen molar-refractivity contribution in [2.45, 2.75) is 30.4 Å². The number of aromatic nitrogens is 3. The van der Waals surface area contributed by atoms with Crippen molar-refractivity contribution >= 4 is 46.6 Å². The fourth-order valence-electron chi connectivity index (χ4n) is 2.90. The van der Waals surface area contributed by atoms with Crippen LogP contribution in [0.25, 0.3) is 0 Å². The third kappa shape index (κ3) is 5.67. The van der Waals surface area contributed by atoms with Gasteiger partial charge in [-0.2, -0.15) is 0 Å². The van der Waals surface area contributed by atoms with Crippen molar-refractivity contribution in [2.24, 2.45) is 0 Å². The molecule has 1 amide bonds. The third-order valence-corrected chi connectivity index (χ3v) is 6.07. The van der Waals surface area contributed by atoms with Crippen LogP contribution in [0, 0.1) is 10.1 Å². The number of non-ortho nitro benzene ring substituents is 1. The molecule has 0 aliphatic carbocycles. The molecule has 166 valence electrons. The van der Waals surface area contributed by atoms with Crippen LogP contribution >= 0.6 is 35.0 Å². The summed E-state index contributed by atoms with van der Waals surface area (Å²) in [6.07, 6.45) is 1.72. The van der Waals surface area contributed by atoms with Crippen molar-refractivity contribution < 1.29 is 9.72 Å². The molecular formula is C21H19Cl2N5O3S. The van der Waals surface area contributed by atoms with E-state index in [0.717, 1.165) is 5.56 Å². The molecule has 0 fully saturated rings. The lowest BCUT2D eigenvalue weighted by atomic mass is 10.2. The Balaban J connectivity index is 1.73. The maximum atomic E-state index is 12.7. The molecule has 8 nitrogen and oxygen atoms in total. The van der Waals surface area contributed by atoms with E-state index in [1.165, 1.54) is 30.0 Å². The number of nitro groups is 1. The molecule has 0 saturated heterocycles. The molecule has 1 aromatic heterocycles. The first kappa shape index (κ1) is 23.8. The van der Waals surface area contributed by atoms with E-state index in [9.17, 15) is 14.9 Å². The van der Waals surface area contributed by atoms with Crippen molar-refractivity contribution in [1.82, 2.24) is 20.1 Å². The number of hydrogen-bond donors (Lipinski definition) is 1. The maximum Gasteiger partial charge on any atom is 0.269 e. The van der Waals surface area contributed by atoms with Crippen LogP contribution in [0.5, 0.6) is 0 Å². The average Bonchev–Trinajstić information content (AvgIpc) is 3.15. The number of benzene rings is 2. The van der Waals surface area contributed by atoms with E-state index in [1.807, 2.05) is 4.57 Å². The van der Waals surface area contributed by atoms with Gasteiger partial charge in [0.25, 0.3) is 11.6 Å². The van der Waals surface area contributed by atoms with Gasteiger partial charge in [0.2, 0.25) is 0 Å². The summed E-state index contributed by atoms with van der Waals surface area (Å²) in [5, 5.41) is 23.5. The molecule has 0 saturated carbocycles. The monoisotopic (exact) mass is 491 g/mol. The van der Waals surface area contributed by atoms with Crippen LogP contribution in [-0.4, -0.2) is 25.6 Å². The van der Waals surface area contributed by atoms with E-state index < -0.39 is 11.0 Å². The van der Waals surface area contributed by atoms with Gasteiger partial charge in [0, 0.05) is 29.5 Å². The number of carbonyl (C=O) groups excluding carboxylic acids is 1. The minimum absolute atomic E-state index is 0.0428. The second-order valence-electron chi connectivity index (χ2n) is 6.77. The number of amides is 1. The van der Waals surface area contributed by atoms with Crippen LogP contribution in [0.4, 0.5) is 5.69 Å². The highest BCUT2D eigenvalue weighted by molar-refractivity contribution is 7.98. The van der Waals surface area contributed by atoms with E-state index in [1.54, 1.807) is 37.3 Å². The van der Waals surface area contributed by atoms with Gasteiger partial charge >= 0.3 is 0 Å². The first-order valence-electron chi connectivity index (χ1n) is 9.46. The second kappa shape index (κ2) is 10.6. The Bertz CT molecular complexity index is 1150. The first-order valence-corrected chi connectivity index (χ1v) is 11.2. The number of thioether (sulfide) groups is 1. The molecule has 1 atom stereocenters. The van der Waals surface area contributed by atoms with Crippen LogP contribution in [0.1, 0.15) is 34.7 Å². The Morgan fingerprint density at radius 2 is 2.00 bits per heavy atom. The van der Waals surface area contributed by atoms with Crippen LogP contribution < -0.4 is 5.32 Å². The Morgan fingerprint density at radius 3 is 2.62 bits per heavy atom. The van der Waals surface area contributed by atoms with E-state index >= 15 is 0 Å². The summed E-state index contributed by atoms with van der Waals surface area (Å²) in [4.78, 5) is 23.0. The molecular weight excluding hydrogens is 473 g/mol. The number of nitrogens with zero attached hydrogens (tertiary/aromatic N) is 4. The van der Waals surface area contributed by atoms with Crippen molar-refractivity contribution in [3.05, 3.63) is 92.2 Å². The summed E-state index contributed by atoms with van der Waals surface area (Å²) in [6.45, 7) is 6.04. The summed E-state index contributed by atoms with van der Waals surface area (Å²) < 4.78 is 1.86. The number of halogens is 2. The normalized spacial score (nSPS) is 11.7. The lowest BCUT2D eigenvalue weighted by Gasteiger charge is -2.16. The molecule has 0 bridgehead atoms. The minimum atomic E-state index is -0.449. The van der Waals surface area contributed by atoms with E-state index in [4.69, 9.17) is 23.2 Å². The molecule has 0 spiro atoms. The Labute approximate surface area is 198 Å². The SMILES string of the molecule is C=CCn1c(SCc2ccc([N+](=O)[O-])cc2)nnc1C(C)NC(=O)c1ccc(Cl)cc1Cl. The van der Waals surface area contributed by atoms with Crippen LogP contribution in [0.2, 0.25) is 10.0 Å². The number of nitro benzene ring substituents is 1. The zero-order valence-corrected chi connectivity index (χ0v) is 19.3. The highest BCUT2D eigenvalue weighted by Crippen LogP contribution is 2.26. The summed E-state index contributed by atoms with van der Waals surface area (Å²) >= 11 is 13.5. The molecule has 1 N–H and O–H groups in total. The van der Waals surface area contributed by atoms with Crippen molar-refractivity contribution in [3.63, 3.8) is 0 Å². The fourth-order valence-corrected chi connectivity index (χ4v) is 4.31. The van der Waals surface area contributed by atoms with Gasteiger partial charge in [0.1, 0.15) is 0 Å². The fraction of sp³-hybridized carbons (Fsp3) is 0.190.